The minimum atomic E-state index is -0.220. The quantitative estimate of drug-likeness (QED) is 0.776. The molecule has 1 heterocycles. The Morgan fingerprint density at radius 2 is 1.56 bits per heavy atom. The lowest BCUT2D eigenvalue weighted by molar-refractivity contribution is -0.116. The highest BCUT2D eigenvalue weighted by molar-refractivity contribution is 6.30. The van der Waals surface area contributed by atoms with Gasteiger partial charge in [0.15, 0.2) is 0 Å². The van der Waals surface area contributed by atoms with Crippen LogP contribution in [0.25, 0.3) is 0 Å². The standard InChI is InChI=1S/C20H20ClN3O3/c1-13(25)24-11-8-15-12-16(4-7-18(15)24)20(27)23-10-9-22-19(26)14-2-5-17(21)6-3-14/h2-7,12H,8-11H2,1H3,(H,22,26)(H,23,27). The van der Waals surface area contributed by atoms with Gasteiger partial charge in [-0.25, -0.2) is 0 Å². The zero-order valence-electron chi connectivity index (χ0n) is 14.9. The van der Waals surface area contributed by atoms with Crippen molar-refractivity contribution < 1.29 is 14.4 Å². The zero-order chi connectivity index (χ0) is 19.4. The van der Waals surface area contributed by atoms with Gasteiger partial charge in [-0.05, 0) is 54.4 Å². The van der Waals surface area contributed by atoms with E-state index in [2.05, 4.69) is 10.6 Å². The Labute approximate surface area is 162 Å². The van der Waals surface area contributed by atoms with Crippen LogP contribution in [-0.2, 0) is 11.2 Å². The van der Waals surface area contributed by atoms with Crippen molar-refractivity contribution >= 4 is 35.0 Å². The van der Waals surface area contributed by atoms with Crippen molar-refractivity contribution in [2.75, 3.05) is 24.5 Å². The van der Waals surface area contributed by atoms with Gasteiger partial charge in [-0.2, -0.15) is 0 Å². The third-order valence-electron chi connectivity index (χ3n) is 4.42. The van der Waals surface area contributed by atoms with E-state index in [1.54, 1.807) is 41.3 Å². The number of benzene rings is 2. The van der Waals surface area contributed by atoms with Crippen LogP contribution in [-0.4, -0.2) is 37.4 Å². The van der Waals surface area contributed by atoms with Crippen molar-refractivity contribution in [3.8, 4) is 0 Å². The summed E-state index contributed by atoms with van der Waals surface area (Å²) in [5.41, 5.74) is 2.92. The summed E-state index contributed by atoms with van der Waals surface area (Å²) >= 11 is 5.80. The fourth-order valence-electron chi connectivity index (χ4n) is 3.03. The summed E-state index contributed by atoms with van der Waals surface area (Å²) in [4.78, 5) is 37.6. The molecule has 7 heteroatoms. The second-order valence-electron chi connectivity index (χ2n) is 6.28. The molecule has 0 bridgehead atoms. The minimum absolute atomic E-state index is 0.00220. The third-order valence-corrected chi connectivity index (χ3v) is 4.67. The monoisotopic (exact) mass is 385 g/mol. The van der Waals surface area contributed by atoms with Gasteiger partial charge in [-0.3, -0.25) is 14.4 Å². The van der Waals surface area contributed by atoms with Gasteiger partial charge < -0.3 is 15.5 Å². The maximum atomic E-state index is 12.3. The van der Waals surface area contributed by atoms with E-state index < -0.39 is 0 Å². The first-order chi connectivity index (χ1) is 13.0. The van der Waals surface area contributed by atoms with E-state index in [0.717, 1.165) is 17.7 Å². The molecule has 0 spiro atoms. The fourth-order valence-corrected chi connectivity index (χ4v) is 3.15. The van der Waals surface area contributed by atoms with Gasteiger partial charge >= 0.3 is 0 Å². The summed E-state index contributed by atoms with van der Waals surface area (Å²) in [5.74, 6) is -0.426. The molecule has 3 rings (SSSR count). The van der Waals surface area contributed by atoms with E-state index in [4.69, 9.17) is 11.6 Å². The summed E-state index contributed by atoms with van der Waals surface area (Å²) in [6.07, 6.45) is 0.743. The molecule has 0 saturated heterocycles. The van der Waals surface area contributed by atoms with Crippen molar-refractivity contribution in [2.24, 2.45) is 0 Å². The molecule has 0 aliphatic carbocycles. The lowest BCUT2D eigenvalue weighted by Gasteiger charge is -2.14. The number of fused-ring (bicyclic) bond motifs is 1. The molecule has 0 aromatic heterocycles. The largest absolute Gasteiger partial charge is 0.350 e. The Hall–Kier alpha value is -2.86. The van der Waals surface area contributed by atoms with E-state index in [-0.39, 0.29) is 17.7 Å². The average Bonchev–Trinajstić information content (AvgIpc) is 3.09. The number of hydrogen-bond donors (Lipinski definition) is 2. The maximum Gasteiger partial charge on any atom is 0.251 e. The topological polar surface area (TPSA) is 78.5 Å². The average molecular weight is 386 g/mol. The molecule has 0 unspecified atom stereocenters. The molecule has 2 aromatic carbocycles. The van der Waals surface area contributed by atoms with Crippen LogP contribution in [0.2, 0.25) is 5.02 Å². The molecule has 3 amide bonds. The first kappa shape index (κ1) is 18.9. The van der Waals surface area contributed by atoms with E-state index >= 15 is 0 Å². The van der Waals surface area contributed by atoms with Crippen molar-refractivity contribution in [2.45, 2.75) is 13.3 Å². The molecule has 0 radical (unpaired) electrons. The molecule has 0 saturated carbocycles. The Kier molecular flexibility index (Phi) is 5.76. The zero-order valence-corrected chi connectivity index (χ0v) is 15.7. The molecule has 27 heavy (non-hydrogen) atoms. The number of anilines is 1. The summed E-state index contributed by atoms with van der Waals surface area (Å²) < 4.78 is 0. The number of amides is 3. The molecule has 1 aliphatic rings. The Morgan fingerprint density at radius 1 is 0.963 bits per heavy atom. The first-order valence-corrected chi connectivity index (χ1v) is 9.06. The van der Waals surface area contributed by atoms with Crippen molar-refractivity contribution in [1.29, 1.82) is 0 Å². The van der Waals surface area contributed by atoms with Crippen LogP contribution in [0.15, 0.2) is 42.5 Å². The van der Waals surface area contributed by atoms with Crippen molar-refractivity contribution in [1.82, 2.24) is 10.6 Å². The van der Waals surface area contributed by atoms with Crippen LogP contribution < -0.4 is 15.5 Å². The molecular weight excluding hydrogens is 366 g/mol. The predicted molar refractivity (Wildman–Crippen MR) is 104 cm³/mol. The van der Waals surface area contributed by atoms with Crippen LogP contribution >= 0.6 is 11.6 Å². The summed E-state index contributed by atoms with van der Waals surface area (Å²) in [7, 11) is 0. The van der Waals surface area contributed by atoms with Crippen molar-refractivity contribution in [3.05, 3.63) is 64.2 Å². The number of nitrogens with zero attached hydrogens (tertiary/aromatic N) is 1. The highest BCUT2D eigenvalue weighted by atomic mass is 35.5. The normalized spacial score (nSPS) is 12.4. The van der Waals surface area contributed by atoms with E-state index in [1.807, 2.05) is 6.07 Å². The summed E-state index contributed by atoms with van der Waals surface area (Å²) in [6, 6.07) is 11.9. The highest BCUT2D eigenvalue weighted by Crippen LogP contribution is 2.28. The van der Waals surface area contributed by atoms with Crippen molar-refractivity contribution in [3.63, 3.8) is 0 Å². The summed E-state index contributed by atoms with van der Waals surface area (Å²) in [5, 5.41) is 6.10. The highest BCUT2D eigenvalue weighted by Gasteiger charge is 2.23. The molecule has 2 N–H and O–H groups in total. The fraction of sp³-hybridized carbons (Fsp3) is 0.250. The maximum absolute atomic E-state index is 12.3. The first-order valence-electron chi connectivity index (χ1n) is 8.68. The molecule has 2 aromatic rings. The Morgan fingerprint density at radius 3 is 2.19 bits per heavy atom. The van der Waals surface area contributed by atoms with Crippen LogP contribution in [0.1, 0.15) is 33.2 Å². The molecular formula is C20H20ClN3O3. The number of nitrogens with one attached hydrogen (secondary N) is 2. The predicted octanol–water partition coefficient (Wildman–Crippen LogP) is 2.41. The van der Waals surface area contributed by atoms with E-state index in [0.29, 0.717) is 35.8 Å². The molecule has 0 fully saturated rings. The molecule has 140 valence electrons. The van der Waals surface area contributed by atoms with Gasteiger partial charge in [0.1, 0.15) is 0 Å². The SMILES string of the molecule is CC(=O)N1CCc2cc(C(=O)NCCNC(=O)c3ccc(Cl)cc3)ccc21. The summed E-state index contributed by atoms with van der Waals surface area (Å²) in [6.45, 7) is 2.81. The Bertz CT molecular complexity index is 881. The van der Waals surface area contributed by atoms with Gasteiger partial charge in [0, 0.05) is 48.4 Å². The lowest BCUT2D eigenvalue weighted by atomic mass is 10.1. The van der Waals surface area contributed by atoms with Crippen LogP contribution in [0.4, 0.5) is 5.69 Å². The number of hydrogen-bond acceptors (Lipinski definition) is 3. The number of carbonyl (C=O) groups excluding carboxylic acids is 3. The number of carbonyl (C=O) groups is 3. The van der Waals surface area contributed by atoms with Gasteiger partial charge in [-0.1, -0.05) is 11.6 Å². The van der Waals surface area contributed by atoms with Crippen LogP contribution in [0, 0.1) is 0 Å². The van der Waals surface area contributed by atoms with Gasteiger partial charge in [-0.15, -0.1) is 0 Å². The van der Waals surface area contributed by atoms with Gasteiger partial charge in [0.25, 0.3) is 11.8 Å². The molecule has 1 aliphatic heterocycles. The van der Waals surface area contributed by atoms with Crippen LogP contribution in [0.3, 0.4) is 0 Å². The van der Waals surface area contributed by atoms with E-state index in [9.17, 15) is 14.4 Å². The third kappa shape index (κ3) is 4.46. The molecule has 6 nitrogen and oxygen atoms in total. The number of rotatable bonds is 5. The molecule has 0 atom stereocenters. The number of halogens is 1. The van der Waals surface area contributed by atoms with Crippen LogP contribution in [0.5, 0.6) is 0 Å². The van der Waals surface area contributed by atoms with Gasteiger partial charge in [0.2, 0.25) is 5.91 Å². The minimum Gasteiger partial charge on any atom is -0.350 e. The Balaban J connectivity index is 1.49. The second-order valence-corrected chi connectivity index (χ2v) is 6.72. The second kappa shape index (κ2) is 8.22. The van der Waals surface area contributed by atoms with E-state index in [1.165, 1.54) is 6.92 Å². The lowest BCUT2D eigenvalue weighted by Crippen LogP contribution is -2.34. The van der Waals surface area contributed by atoms with Gasteiger partial charge in [0.05, 0.1) is 0 Å². The smallest absolute Gasteiger partial charge is 0.251 e.